The van der Waals surface area contributed by atoms with Gasteiger partial charge in [0, 0.05) is 24.7 Å². The van der Waals surface area contributed by atoms with Crippen LogP contribution in [0.4, 0.5) is 0 Å². The van der Waals surface area contributed by atoms with Crippen LogP contribution in [0.1, 0.15) is 78.6 Å². The molecule has 0 radical (unpaired) electrons. The molecule has 0 saturated heterocycles. The van der Waals surface area contributed by atoms with Crippen molar-refractivity contribution >= 4 is 11.6 Å². The molecule has 2 N–H and O–H groups in total. The van der Waals surface area contributed by atoms with Crippen LogP contribution in [0.15, 0.2) is 0 Å². The van der Waals surface area contributed by atoms with Gasteiger partial charge < -0.3 is 10.2 Å². The smallest absolute Gasteiger partial charge is 0.137 e. The van der Waals surface area contributed by atoms with E-state index in [-0.39, 0.29) is 35.1 Å². The van der Waals surface area contributed by atoms with Gasteiger partial charge in [-0.2, -0.15) is 0 Å². The van der Waals surface area contributed by atoms with Crippen molar-refractivity contribution < 1.29 is 19.8 Å². The molecule has 4 heteroatoms. The van der Waals surface area contributed by atoms with Crippen LogP contribution in [-0.4, -0.2) is 34.0 Å². The van der Waals surface area contributed by atoms with Gasteiger partial charge in [-0.05, 0) is 80.5 Å². The summed E-state index contributed by atoms with van der Waals surface area (Å²) in [6.45, 7) is 6.21. The maximum Gasteiger partial charge on any atom is 0.137 e. The molecule has 0 heterocycles. The Labute approximate surface area is 174 Å². The summed E-state index contributed by atoms with van der Waals surface area (Å²) in [6, 6.07) is 0. The van der Waals surface area contributed by atoms with E-state index >= 15 is 0 Å². The number of fused-ring (bicyclic) bond motifs is 5. The van der Waals surface area contributed by atoms with Gasteiger partial charge in [-0.3, -0.25) is 9.59 Å². The first kappa shape index (κ1) is 21.1. The predicted molar refractivity (Wildman–Crippen MR) is 111 cm³/mol. The molecule has 8 atom stereocenters. The molecule has 4 saturated carbocycles. The molecule has 0 unspecified atom stereocenters. The van der Waals surface area contributed by atoms with Crippen LogP contribution in [-0.2, 0) is 9.59 Å². The highest BCUT2D eigenvalue weighted by Gasteiger charge is 2.64. The van der Waals surface area contributed by atoms with Crippen molar-refractivity contribution in [1.29, 1.82) is 0 Å². The fourth-order valence-corrected chi connectivity index (χ4v) is 8.12. The van der Waals surface area contributed by atoms with Crippen molar-refractivity contribution in [3.05, 3.63) is 0 Å². The lowest BCUT2D eigenvalue weighted by Gasteiger charge is -2.60. The fourth-order valence-electron chi connectivity index (χ4n) is 8.12. The van der Waals surface area contributed by atoms with E-state index in [9.17, 15) is 14.7 Å². The van der Waals surface area contributed by atoms with Crippen LogP contribution in [0.3, 0.4) is 0 Å². The highest BCUT2D eigenvalue weighted by Crippen LogP contribution is 2.67. The Morgan fingerprint density at radius 3 is 2.59 bits per heavy atom. The molecular formula is C25H36O4. The molecule has 0 aliphatic heterocycles. The molecule has 4 rings (SSSR count). The third-order valence-corrected chi connectivity index (χ3v) is 9.46. The lowest BCUT2D eigenvalue weighted by molar-refractivity contribution is -0.165. The summed E-state index contributed by atoms with van der Waals surface area (Å²) in [5.41, 5.74) is -1.20. The quantitative estimate of drug-likeness (QED) is 0.696. The Hall–Kier alpha value is -1.18. The van der Waals surface area contributed by atoms with Crippen LogP contribution < -0.4 is 0 Å². The molecule has 0 aromatic heterocycles. The van der Waals surface area contributed by atoms with E-state index in [4.69, 9.17) is 5.11 Å². The number of hydrogen-bond acceptors (Lipinski definition) is 4. The van der Waals surface area contributed by atoms with Crippen molar-refractivity contribution in [2.45, 2.75) is 84.2 Å². The van der Waals surface area contributed by atoms with E-state index in [0.29, 0.717) is 49.2 Å². The Kier molecular flexibility index (Phi) is 5.23. The van der Waals surface area contributed by atoms with Gasteiger partial charge in [0.2, 0.25) is 0 Å². The molecule has 4 fully saturated rings. The van der Waals surface area contributed by atoms with Crippen molar-refractivity contribution in [2.24, 2.45) is 40.4 Å². The Morgan fingerprint density at radius 1 is 1.14 bits per heavy atom. The van der Waals surface area contributed by atoms with E-state index in [1.165, 1.54) is 0 Å². The maximum atomic E-state index is 13.5. The van der Waals surface area contributed by atoms with Crippen molar-refractivity contribution in [2.75, 3.05) is 6.61 Å². The first-order valence-corrected chi connectivity index (χ1v) is 11.5. The summed E-state index contributed by atoms with van der Waals surface area (Å²) in [5.74, 6) is 7.84. The minimum absolute atomic E-state index is 0.0178. The largest absolute Gasteiger partial charge is 0.395 e. The number of aliphatic hydroxyl groups is 2. The summed E-state index contributed by atoms with van der Waals surface area (Å²) in [5, 5.41) is 20.0. The van der Waals surface area contributed by atoms with Crippen LogP contribution in [0, 0.1) is 52.3 Å². The standard InChI is InChI=1S/C25H36O4/c1-16(27)19-8-9-20-18-7-6-17-14-25(29,10-4-5-13-26)12-11-23(17,2)22(18)21(28)15-24(19,20)3/h17-20,22,26,29H,5-9,11-15H2,1-3H3/t17-,18+,19-,20+,22-,23+,24-,25-/m1/s1. The number of carbonyl (C=O) groups excluding carboxylic acids is 2. The fraction of sp³-hybridized carbons (Fsp3) is 0.840. The molecule has 29 heavy (non-hydrogen) atoms. The minimum Gasteiger partial charge on any atom is -0.395 e. The second kappa shape index (κ2) is 7.20. The molecule has 0 bridgehead atoms. The lowest BCUT2D eigenvalue weighted by Crippen LogP contribution is -2.59. The van der Waals surface area contributed by atoms with E-state index in [1.54, 1.807) is 6.92 Å². The van der Waals surface area contributed by atoms with E-state index in [2.05, 4.69) is 25.7 Å². The summed E-state index contributed by atoms with van der Waals surface area (Å²) in [6.07, 6.45) is 7.09. The van der Waals surface area contributed by atoms with Gasteiger partial charge in [-0.25, -0.2) is 0 Å². The Bertz CT molecular complexity index is 763. The Balaban J connectivity index is 1.60. The van der Waals surface area contributed by atoms with Crippen LogP contribution in [0.25, 0.3) is 0 Å². The topological polar surface area (TPSA) is 74.6 Å². The molecule has 0 spiro atoms. The molecule has 4 aliphatic rings. The van der Waals surface area contributed by atoms with Crippen LogP contribution in [0.2, 0.25) is 0 Å². The van der Waals surface area contributed by atoms with Gasteiger partial charge in [0.25, 0.3) is 0 Å². The van der Waals surface area contributed by atoms with Gasteiger partial charge in [-0.1, -0.05) is 25.7 Å². The summed E-state index contributed by atoms with van der Waals surface area (Å²) in [7, 11) is 0. The van der Waals surface area contributed by atoms with Gasteiger partial charge in [-0.15, -0.1) is 0 Å². The first-order chi connectivity index (χ1) is 13.6. The molecule has 160 valence electrons. The predicted octanol–water partition coefficient (Wildman–Crippen LogP) is 3.53. The molecule has 0 aromatic rings. The first-order valence-electron chi connectivity index (χ1n) is 11.5. The molecule has 4 aliphatic carbocycles. The van der Waals surface area contributed by atoms with Crippen LogP contribution >= 0.6 is 0 Å². The lowest BCUT2D eigenvalue weighted by atomic mass is 9.43. The number of carbonyl (C=O) groups is 2. The average Bonchev–Trinajstić information content (AvgIpc) is 2.99. The normalized spacial score (nSPS) is 48.7. The second-order valence-corrected chi connectivity index (χ2v) is 10.9. The number of Topliss-reactive ketones (excluding diaryl/α,β-unsaturated/α-hetero) is 2. The third-order valence-electron chi connectivity index (χ3n) is 9.46. The monoisotopic (exact) mass is 400 g/mol. The van der Waals surface area contributed by atoms with E-state index in [1.807, 2.05) is 0 Å². The van der Waals surface area contributed by atoms with E-state index < -0.39 is 5.60 Å². The van der Waals surface area contributed by atoms with Crippen LogP contribution in [0.5, 0.6) is 0 Å². The SMILES string of the molecule is CC(=O)[C@H]1CC[C@H]2[C@@H]3CC[C@@H]4C[C@@](O)(C#CCCO)CC[C@]4(C)[C@H]3C(=O)C[C@]12C. The molecular weight excluding hydrogens is 364 g/mol. The Morgan fingerprint density at radius 2 is 1.90 bits per heavy atom. The summed E-state index contributed by atoms with van der Waals surface area (Å²) in [4.78, 5) is 25.8. The van der Waals surface area contributed by atoms with Gasteiger partial charge in [0.05, 0.1) is 6.61 Å². The zero-order chi connectivity index (χ0) is 21.0. The van der Waals surface area contributed by atoms with Gasteiger partial charge in [0.1, 0.15) is 17.2 Å². The minimum atomic E-state index is -0.981. The van der Waals surface area contributed by atoms with Crippen molar-refractivity contribution in [1.82, 2.24) is 0 Å². The van der Waals surface area contributed by atoms with E-state index in [0.717, 1.165) is 32.1 Å². The molecule has 0 aromatic carbocycles. The van der Waals surface area contributed by atoms with Gasteiger partial charge in [0.15, 0.2) is 0 Å². The number of hydrogen-bond donors (Lipinski definition) is 2. The zero-order valence-electron chi connectivity index (χ0n) is 18.2. The molecule has 4 nitrogen and oxygen atoms in total. The zero-order valence-corrected chi connectivity index (χ0v) is 18.2. The van der Waals surface area contributed by atoms with Gasteiger partial charge >= 0.3 is 0 Å². The molecule has 0 amide bonds. The second-order valence-electron chi connectivity index (χ2n) is 10.9. The number of rotatable bonds is 2. The highest BCUT2D eigenvalue weighted by atomic mass is 16.3. The average molecular weight is 401 g/mol. The summed E-state index contributed by atoms with van der Waals surface area (Å²) < 4.78 is 0. The number of ketones is 2. The third kappa shape index (κ3) is 3.20. The highest BCUT2D eigenvalue weighted by molar-refractivity contribution is 5.87. The number of aliphatic hydroxyl groups excluding tert-OH is 1. The summed E-state index contributed by atoms with van der Waals surface area (Å²) >= 11 is 0. The van der Waals surface area contributed by atoms with Crippen molar-refractivity contribution in [3.8, 4) is 11.8 Å². The maximum absolute atomic E-state index is 13.5. The van der Waals surface area contributed by atoms with Crippen molar-refractivity contribution in [3.63, 3.8) is 0 Å².